The predicted molar refractivity (Wildman–Crippen MR) is 112 cm³/mol. The summed E-state index contributed by atoms with van der Waals surface area (Å²) in [5.74, 6) is 1.55. The third-order valence-electron chi connectivity index (χ3n) is 5.91. The normalized spacial score (nSPS) is 23.3. The van der Waals surface area contributed by atoms with Gasteiger partial charge in [-0.3, -0.25) is 10.2 Å². The minimum atomic E-state index is 0.0412. The Kier molecular flexibility index (Phi) is 6.13. The van der Waals surface area contributed by atoms with E-state index in [1.54, 1.807) is 0 Å². The van der Waals surface area contributed by atoms with E-state index in [0.29, 0.717) is 19.1 Å². The topological polar surface area (TPSA) is 94.7 Å². The number of nitrogens with one attached hydrogen (secondary N) is 2. The first-order chi connectivity index (χ1) is 13.3. The SMILES string of the molecule is CCOc1ccc(N2CC3CN(C(=O)CNC(=N)CN)C[C@@H]2C(C)(C)C3)cc1. The number of hydrogen-bond donors (Lipinski definition) is 3. The Bertz CT molecular complexity index is 703. The lowest BCUT2D eigenvalue weighted by molar-refractivity contribution is -0.130. The zero-order valence-electron chi connectivity index (χ0n) is 17.2. The highest BCUT2D eigenvalue weighted by Crippen LogP contribution is 2.43. The van der Waals surface area contributed by atoms with Crippen molar-refractivity contribution in [1.29, 1.82) is 5.41 Å². The maximum atomic E-state index is 12.8. The van der Waals surface area contributed by atoms with Gasteiger partial charge in [-0.25, -0.2) is 0 Å². The van der Waals surface area contributed by atoms with Crippen molar-refractivity contribution < 1.29 is 9.53 Å². The van der Waals surface area contributed by atoms with Crippen molar-refractivity contribution >= 4 is 17.4 Å². The van der Waals surface area contributed by atoms with Gasteiger partial charge in [0.15, 0.2) is 0 Å². The number of nitrogens with two attached hydrogens (primary N) is 1. The molecule has 3 fully saturated rings. The van der Waals surface area contributed by atoms with E-state index in [4.69, 9.17) is 15.9 Å². The number of ether oxygens (including phenoxy) is 1. The lowest BCUT2D eigenvalue weighted by Gasteiger charge is -2.48. The van der Waals surface area contributed by atoms with Crippen LogP contribution in [0.1, 0.15) is 27.2 Å². The third-order valence-corrected chi connectivity index (χ3v) is 5.91. The summed E-state index contributed by atoms with van der Waals surface area (Å²) in [6.45, 7) is 9.95. The number of rotatable bonds is 6. The number of nitrogens with zero attached hydrogens (tertiary/aromatic N) is 2. The Morgan fingerprint density at radius 1 is 1.29 bits per heavy atom. The fraction of sp³-hybridized carbons (Fsp3) is 0.619. The Balaban J connectivity index is 1.77. The number of benzene rings is 1. The van der Waals surface area contributed by atoms with Gasteiger partial charge >= 0.3 is 0 Å². The zero-order valence-corrected chi connectivity index (χ0v) is 17.2. The number of hydrogen-bond acceptors (Lipinski definition) is 5. The van der Waals surface area contributed by atoms with Crippen LogP contribution in [-0.4, -0.2) is 62.0 Å². The van der Waals surface area contributed by atoms with Crippen LogP contribution < -0.4 is 20.7 Å². The van der Waals surface area contributed by atoms with Crippen LogP contribution in [0.5, 0.6) is 5.75 Å². The third kappa shape index (κ3) is 4.41. The van der Waals surface area contributed by atoms with Gasteiger partial charge in [-0.05, 0) is 48.9 Å². The van der Waals surface area contributed by atoms with Crippen molar-refractivity contribution in [2.75, 3.05) is 44.2 Å². The first-order valence-corrected chi connectivity index (χ1v) is 10.1. The molecule has 7 heteroatoms. The van der Waals surface area contributed by atoms with E-state index in [0.717, 1.165) is 25.3 Å². The molecule has 0 spiro atoms. The molecule has 3 aliphatic rings. The molecule has 7 nitrogen and oxygen atoms in total. The Labute approximate surface area is 167 Å². The lowest BCUT2D eigenvalue weighted by Crippen LogP contribution is -2.54. The van der Waals surface area contributed by atoms with E-state index in [2.05, 4.69) is 36.2 Å². The molecular formula is C21H33N5O2. The number of carbonyl (C=O) groups is 1. The quantitative estimate of drug-likeness (QED) is 0.510. The van der Waals surface area contributed by atoms with Crippen molar-refractivity contribution in [2.24, 2.45) is 17.1 Å². The van der Waals surface area contributed by atoms with Gasteiger partial charge in [0.2, 0.25) is 5.91 Å². The minimum absolute atomic E-state index is 0.0412. The van der Waals surface area contributed by atoms with Crippen molar-refractivity contribution in [3.8, 4) is 5.75 Å². The average molecular weight is 388 g/mol. The second kappa shape index (κ2) is 8.39. The van der Waals surface area contributed by atoms with E-state index >= 15 is 0 Å². The zero-order chi connectivity index (χ0) is 20.3. The molecule has 3 heterocycles. The highest BCUT2D eigenvalue weighted by molar-refractivity contribution is 5.87. The highest BCUT2D eigenvalue weighted by atomic mass is 16.5. The molecule has 28 heavy (non-hydrogen) atoms. The Morgan fingerprint density at radius 3 is 2.64 bits per heavy atom. The number of amidine groups is 1. The van der Waals surface area contributed by atoms with Gasteiger partial charge in [0.1, 0.15) is 11.6 Å². The lowest BCUT2D eigenvalue weighted by atomic mass is 9.73. The molecule has 0 radical (unpaired) electrons. The fourth-order valence-corrected chi connectivity index (χ4v) is 4.59. The molecule has 4 N–H and O–H groups in total. The van der Waals surface area contributed by atoms with Gasteiger partial charge in [0.25, 0.3) is 0 Å². The summed E-state index contributed by atoms with van der Waals surface area (Å²) in [7, 11) is 0. The van der Waals surface area contributed by atoms with Crippen LogP contribution in [0.4, 0.5) is 5.69 Å². The van der Waals surface area contributed by atoms with Crippen LogP contribution in [0, 0.1) is 16.7 Å². The molecule has 1 amide bonds. The standard InChI is InChI=1S/C21H33N5O2/c1-4-28-17-7-5-16(6-8-17)26-13-15-9-21(2,3)18(26)14-25(12-15)20(27)11-24-19(23)10-22/h5-8,15,18H,4,9-14,22H2,1-3H3,(H2,23,24)/t15?,18-/m1/s1. The molecular weight excluding hydrogens is 354 g/mol. The van der Waals surface area contributed by atoms with Gasteiger partial charge in [-0.1, -0.05) is 13.8 Å². The highest BCUT2D eigenvalue weighted by Gasteiger charge is 2.46. The van der Waals surface area contributed by atoms with Crippen molar-refractivity contribution in [2.45, 2.75) is 33.2 Å². The smallest absolute Gasteiger partial charge is 0.241 e. The summed E-state index contributed by atoms with van der Waals surface area (Å²) in [6, 6.07) is 8.55. The molecule has 0 saturated carbocycles. The maximum Gasteiger partial charge on any atom is 0.241 e. The van der Waals surface area contributed by atoms with Gasteiger partial charge < -0.3 is 25.6 Å². The largest absolute Gasteiger partial charge is 0.494 e. The van der Waals surface area contributed by atoms with Gasteiger partial charge in [-0.15, -0.1) is 0 Å². The summed E-state index contributed by atoms with van der Waals surface area (Å²) in [5, 5.41) is 10.4. The molecule has 154 valence electrons. The molecule has 3 aliphatic heterocycles. The van der Waals surface area contributed by atoms with Crippen LogP contribution in [0.25, 0.3) is 0 Å². The molecule has 0 aliphatic carbocycles. The number of piperidine rings is 1. The molecule has 2 bridgehead atoms. The summed E-state index contributed by atoms with van der Waals surface area (Å²) in [4.78, 5) is 17.2. The molecule has 3 saturated heterocycles. The van der Waals surface area contributed by atoms with Crippen molar-refractivity contribution in [3.63, 3.8) is 0 Å². The van der Waals surface area contributed by atoms with E-state index in [9.17, 15) is 4.79 Å². The van der Waals surface area contributed by atoms with E-state index in [1.165, 1.54) is 5.69 Å². The Hall–Kier alpha value is -2.28. The molecule has 1 unspecified atom stereocenters. The molecule has 4 rings (SSSR count). The van der Waals surface area contributed by atoms with Crippen molar-refractivity contribution in [1.82, 2.24) is 10.2 Å². The molecule has 1 aromatic rings. The monoisotopic (exact) mass is 387 g/mol. The Morgan fingerprint density at radius 2 is 2.00 bits per heavy atom. The molecule has 2 atom stereocenters. The van der Waals surface area contributed by atoms with Crippen LogP contribution in [0.15, 0.2) is 24.3 Å². The summed E-state index contributed by atoms with van der Waals surface area (Å²) < 4.78 is 5.58. The first kappa shape index (κ1) is 20.5. The molecule has 0 aromatic heterocycles. The summed E-state index contributed by atoms with van der Waals surface area (Å²) in [6.07, 6.45) is 1.11. The number of amides is 1. The second-order valence-corrected chi connectivity index (χ2v) is 8.49. The summed E-state index contributed by atoms with van der Waals surface area (Å²) >= 11 is 0. The van der Waals surface area contributed by atoms with E-state index in [1.807, 2.05) is 24.0 Å². The van der Waals surface area contributed by atoms with Crippen molar-refractivity contribution in [3.05, 3.63) is 24.3 Å². The van der Waals surface area contributed by atoms with Crippen LogP contribution >= 0.6 is 0 Å². The van der Waals surface area contributed by atoms with Crippen LogP contribution in [0.3, 0.4) is 0 Å². The van der Waals surface area contributed by atoms with Crippen LogP contribution in [-0.2, 0) is 4.79 Å². The average Bonchev–Trinajstić information content (AvgIpc) is 2.93. The number of anilines is 1. The molecule has 1 aromatic carbocycles. The summed E-state index contributed by atoms with van der Waals surface area (Å²) in [5.41, 5.74) is 6.74. The first-order valence-electron chi connectivity index (χ1n) is 10.1. The number of fused-ring (bicyclic) bond motifs is 4. The van der Waals surface area contributed by atoms with Gasteiger partial charge in [0.05, 0.1) is 25.7 Å². The van der Waals surface area contributed by atoms with Gasteiger partial charge in [-0.2, -0.15) is 0 Å². The maximum absolute atomic E-state index is 12.8. The fourth-order valence-electron chi connectivity index (χ4n) is 4.59. The minimum Gasteiger partial charge on any atom is -0.494 e. The number of carbonyl (C=O) groups excluding carboxylic acids is 1. The second-order valence-electron chi connectivity index (χ2n) is 8.49. The van der Waals surface area contributed by atoms with Crippen LogP contribution in [0.2, 0.25) is 0 Å². The van der Waals surface area contributed by atoms with Gasteiger partial charge in [0, 0.05) is 25.3 Å². The van der Waals surface area contributed by atoms with E-state index in [-0.39, 0.29) is 36.3 Å². The predicted octanol–water partition coefficient (Wildman–Crippen LogP) is 1.67. The van der Waals surface area contributed by atoms with E-state index < -0.39 is 0 Å².